The normalized spacial score (nSPS) is 32.5. The van der Waals surface area contributed by atoms with Gasteiger partial charge in [0, 0.05) is 6.42 Å². The standard InChI is InChI=1S/C15H20F2O/c1-10-5-6-15(18,11(2)7-10)9-12-8-13(16)3-4-14(12)17/h3-4,8,10-11,18H,5-7,9H2,1-2H3. The molecule has 0 aromatic heterocycles. The Morgan fingerprint density at radius 3 is 2.72 bits per heavy atom. The van der Waals surface area contributed by atoms with Crippen LogP contribution in [0.2, 0.25) is 0 Å². The fourth-order valence-corrected chi connectivity index (χ4v) is 2.95. The van der Waals surface area contributed by atoms with Crippen molar-refractivity contribution in [3.8, 4) is 0 Å². The van der Waals surface area contributed by atoms with Crippen molar-refractivity contribution in [2.24, 2.45) is 11.8 Å². The van der Waals surface area contributed by atoms with Gasteiger partial charge in [0.15, 0.2) is 0 Å². The summed E-state index contributed by atoms with van der Waals surface area (Å²) in [5, 5.41) is 10.6. The molecule has 1 aromatic rings. The number of hydrogen-bond acceptors (Lipinski definition) is 1. The van der Waals surface area contributed by atoms with Crippen molar-refractivity contribution in [2.45, 2.75) is 45.1 Å². The highest BCUT2D eigenvalue weighted by Crippen LogP contribution is 2.39. The quantitative estimate of drug-likeness (QED) is 0.853. The van der Waals surface area contributed by atoms with E-state index in [0.29, 0.717) is 12.3 Å². The molecule has 1 aliphatic carbocycles. The molecular formula is C15H20F2O. The van der Waals surface area contributed by atoms with Gasteiger partial charge in [-0.25, -0.2) is 8.78 Å². The van der Waals surface area contributed by atoms with E-state index in [1.807, 2.05) is 6.92 Å². The molecule has 0 radical (unpaired) electrons. The maximum atomic E-state index is 13.6. The van der Waals surface area contributed by atoms with Crippen molar-refractivity contribution in [2.75, 3.05) is 0 Å². The van der Waals surface area contributed by atoms with Crippen molar-refractivity contribution in [1.29, 1.82) is 0 Å². The predicted octanol–water partition coefficient (Wildman–Crippen LogP) is 3.69. The minimum absolute atomic E-state index is 0.115. The molecule has 1 saturated carbocycles. The van der Waals surface area contributed by atoms with Gasteiger partial charge in [-0.15, -0.1) is 0 Å². The first kappa shape index (κ1) is 13.5. The molecule has 0 saturated heterocycles. The third-order valence-corrected chi connectivity index (χ3v) is 4.25. The van der Waals surface area contributed by atoms with E-state index in [2.05, 4.69) is 6.92 Å². The van der Waals surface area contributed by atoms with Crippen LogP contribution in [0.5, 0.6) is 0 Å². The average molecular weight is 254 g/mol. The summed E-state index contributed by atoms with van der Waals surface area (Å²) in [6.45, 7) is 4.16. The van der Waals surface area contributed by atoms with E-state index >= 15 is 0 Å². The van der Waals surface area contributed by atoms with Crippen LogP contribution in [-0.4, -0.2) is 10.7 Å². The van der Waals surface area contributed by atoms with Crippen molar-refractivity contribution >= 4 is 0 Å². The lowest BCUT2D eigenvalue weighted by Gasteiger charge is -2.41. The molecule has 1 aromatic carbocycles. The van der Waals surface area contributed by atoms with Gasteiger partial charge in [0.1, 0.15) is 11.6 Å². The molecule has 0 amide bonds. The first-order chi connectivity index (χ1) is 8.40. The lowest BCUT2D eigenvalue weighted by molar-refractivity contribution is -0.0527. The zero-order chi connectivity index (χ0) is 13.3. The Kier molecular flexibility index (Phi) is 3.71. The molecule has 1 aliphatic rings. The predicted molar refractivity (Wildman–Crippen MR) is 67.2 cm³/mol. The second-order valence-electron chi connectivity index (χ2n) is 5.80. The van der Waals surface area contributed by atoms with Gasteiger partial charge in [0.25, 0.3) is 0 Å². The van der Waals surface area contributed by atoms with Crippen LogP contribution < -0.4 is 0 Å². The third kappa shape index (κ3) is 2.72. The largest absolute Gasteiger partial charge is 0.389 e. The molecule has 3 heteroatoms. The van der Waals surface area contributed by atoms with Crippen LogP contribution in [0.1, 0.15) is 38.7 Å². The van der Waals surface area contributed by atoms with Crippen LogP contribution in [0.4, 0.5) is 8.78 Å². The van der Waals surface area contributed by atoms with Crippen molar-refractivity contribution in [3.05, 3.63) is 35.4 Å². The highest BCUT2D eigenvalue weighted by atomic mass is 19.1. The summed E-state index contributed by atoms with van der Waals surface area (Å²) >= 11 is 0. The molecule has 0 spiro atoms. The molecule has 18 heavy (non-hydrogen) atoms. The number of halogens is 2. The molecular weight excluding hydrogens is 234 g/mol. The summed E-state index contributed by atoms with van der Waals surface area (Å²) in [5.74, 6) is -0.177. The monoisotopic (exact) mass is 254 g/mol. The second-order valence-corrected chi connectivity index (χ2v) is 5.80. The minimum Gasteiger partial charge on any atom is -0.389 e. The van der Waals surface area contributed by atoms with Crippen LogP contribution in [-0.2, 0) is 6.42 Å². The number of hydrogen-bond donors (Lipinski definition) is 1. The maximum Gasteiger partial charge on any atom is 0.126 e. The van der Waals surface area contributed by atoms with E-state index in [4.69, 9.17) is 0 Å². The van der Waals surface area contributed by atoms with Crippen LogP contribution in [0.15, 0.2) is 18.2 Å². The summed E-state index contributed by atoms with van der Waals surface area (Å²) in [6, 6.07) is 3.43. The molecule has 3 atom stereocenters. The summed E-state index contributed by atoms with van der Waals surface area (Å²) in [4.78, 5) is 0. The maximum absolute atomic E-state index is 13.6. The van der Waals surface area contributed by atoms with Crippen LogP contribution >= 0.6 is 0 Å². The van der Waals surface area contributed by atoms with E-state index < -0.39 is 17.2 Å². The topological polar surface area (TPSA) is 20.2 Å². The Morgan fingerprint density at radius 2 is 2.06 bits per heavy atom. The Labute approximate surface area is 107 Å². The average Bonchev–Trinajstić information content (AvgIpc) is 2.30. The van der Waals surface area contributed by atoms with Gasteiger partial charge < -0.3 is 5.11 Å². The van der Waals surface area contributed by atoms with Gasteiger partial charge in [-0.2, -0.15) is 0 Å². The number of aliphatic hydroxyl groups is 1. The first-order valence-corrected chi connectivity index (χ1v) is 6.57. The molecule has 0 aliphatic heterocycles. The van der Waals surface area contributed by atoms with Gasteiger partial charge >= 0.3 is 0 Å². The molecule has 0 bridgehead atoms. The Balaban J connectivity index is 2.19. The van der Waals surface area contributed by atoms with Gasteiger partial charge in [-0.3, -0.25) is 0 Å². The van der Waals surface area contributed by atoms with E-state index in [1.54, 1.807) is 0 Å². The smallest absolute Gasteiger partial charge is 0.126 e. The van der Waals surface area contributed by atoms with Crippen molar-refractivity contribution in [3.63, 3.8) is 0 Å². The lowest BCUT2D eigenvalue weighted by atomic mass is 9.70. The van der Waals surface area contributed by atoms with Gasteiger partial charge in [-0.05, 0) is 54.9 Å². The van der Waals surface area contributed by atoms with Crippen LogP contribution in [0.25, 0.3) is 0 Å². The van der Waals surface area contributed by atoms with Gasteiger partial charge in [0.2, 0.25) is 0 Å². The molecule has 3 unspecified atom stereocenters. The summed E-state index contributed by atoms with van der Waals surface area (Å²) in [6.07, 6.45) is 2.74. The Morgan fingerprint density at radius 1 is 1.33 bits per heavy atom. The van der Waals surface area contributed by atoms with Crippen LogP contribution in [0, 0.1) is 23.5 Å². The van der Waals surface area contributed by atoms with E-state index in [1.165, 1.54) is 6.07 Å². The second kappa shape index (κ2) is 4.96. The zero-order valence-electron chi connectivity index (χ0n) is 10.9. The fraction of sp³-hybridized carbons (Fsp3) is 0.600. The van der Waals surface area contributed by atoms with Crippen molar-refractivity contribution < 1.29 is 13.9 Å². The summed E-state index contributed by atoms with van der Waals surface area (Å²) in [7, 11) is 0. The third-order valence-electron chi connectivity index (χ3n) is 4.25. The Bertz CT molecular complexity index is 433. The van der Waals surface area contributed by atoms with Gasteiger partial charge in [-0.1, -0.05) is 13.8 Å². The van der Waals surface area contributed by atoms with E-state index in [-0.39, 0.29) is 17.9 Å². The first-order valence-electron chi connectivity index (χ1n) is 6.57. The number of rotatable bonds is 2. The van der Waals surface area contributed by atoms with Gasteiger partial charge in [0.05, 0.1) is 5.60 Å². The molecule has 1 N–H and O–H groups in total. The summed E-state index contributed by atoms with van der Waals surface area (Å²) in [5.41, 5.74) is -0.625. The zero-order valence-corrected chi connectivity index (χ0v) is 10.9. The summed E-state index contributed by atoms with van der Waals surface area (Å²) < 4.78 is 26.8. The molecule has 1 nitrogen and oxygen atoms in total. The lowest BCUT2D eigenvalue weighted by Crippen LogP contribution is -2.43. The molecule has 1 fully saturated rings. The van der Waals surface area contributed by atoms with Crippen LogP contribution in [0.3, 0.4) is 0 Å². The van der Waals surface area contributed by atoms with E-state index in [0.717, 1.165) is 25.0 Å². The Hall–Kier alpha value is -0.960. The molecule has 2 rings (SSSR count). The minimum atomic E-state index is -0.902. The molecule has 0 heterocycles. The van der Waals surface area contributed by atoms with E-state index in [9.17, 15) is 13.9 Å². The number of benzene rings is 1. The highest BCUT2D eigenvalue weighted by molar-refractivity contribution is 5.21. The highest BCUT2D eigenvalue weighted by Gasteiger charge is 2.38. The molecule has 100 valence electrons. The fourth-order valence-electron chi connectivity index (χ4n) is 2.95. The SMILES string of the molecule is CC1CCC(O)(Cc2cc(F)ccc2F)C(C)C1. The van der Waals surface area contributed by atoms with Crippen molar-refractivity contribution in [1.82, 2.24) is 0 Å².